The largest absolute Gasteiger partial charge is 0.453 e. The van der Waals surface area contributed by atoms with Crippen LogP contribution in [-0.4, -0.2) is 0 Å². The molecule has 0 aliphatic heterocycles. The average molecular weight is 694 g/mol. The number of anilines is 3. The highest BCUT2D eigenvalue weighted by molar-refractivity contribution is 7.25. The molecule has 0 atom stereocenters. The Kier molecular flexibility index (Phi) is 6.76. The molecular weight excluding hydrogens is 663 g/mol. The van der Waals surface area contributed by atoms with Crippen LogP contribution < -0.4 is 4.90 Å². The molecule has 0 fully saturated rings. The maximum absolute atomic E-state index is 6.97. The fourth-order valence-electron chi connectivity index (χ4n) is 8.09. The summed E-state index contributed by atoms with van der Waals surface area (Å²) >= 11 is 1.84. The zero-order valence-corrected chi connectivity index (χ0v) is 29.5. The second-order valence-electron chi connectivity index (χ2n) is 13.7. The van der Waals surface area contributed by atoms with E-state index in [-0.39, 0.29) is 0 Å². The lowest BCUT2D eigenvalue weighted by molar-refractivity contribution is 0.670. The quantitative estimate of drug-likeness (QED) is 0.167. The van der Waals surface area contributed by atoms with Crippen molar-refractivity contribution in [1.82, 2.24) is 0 Å². The van der Waals surface area contributed by atoms with Crippen molar-refractivity contribution in [3.8, 4) is 22.3 Å². The zero-order valence-electron chi connectivity index (χ0n) is 28.7. The minimum atomic E-state index is 0.867. The summed E-state index contributed by atoms with van der Waals surface area (Å²) in [7, 11) is 0. The highest BCUT2D eigenvalue weighted by atomic mass is 32.1. The van der Waals surface area contributed by atoms with E-state index < -0.39 is 0 Å². The third kappa shape index (κ3) is 4.86. The van der Waals surface area contributed by atoms with Gasteiger partial charge >= 0.3 is 0 Å². The first-order valence-electron chi connectivity index (χ1n) is 18.0. The predicted octanol–water partition coefficient (Wildman–Crippen LogP) is 15.1. The lowest BCUT2D eigenvalue weighted by Crippen LogP contribution is -2.10. The molecule has 2 aromatic heterocycles. The van der Waals surface area contributed by atoms with Crippen LogP contribution in [0.15, 0.2) is 192 Å². The van der Waals surface area contributed by atoms with E-state index in [1.807, 2.05) is 11.3 Å². The third-order valence-electron chi connectivity index (χ3n) is 10.7. The van der Waals surface area contributed by atoms with Gasteiger partial charge in [-0.3, -0.25) is 0 Å². The second kappa shape index (κ2) is 11.9. The van der Waals surface area contributed by atoms with E-state index in [4.69, 9.17) is 4.42 Å². The second-order valence-corrected chi connectivity index (χ2v) is 14.8. The Morgan fingerprint density at radius 1 is 0.358 bits per heavy atom. The highest BCUT2D eigenvalue weighted by Crippen LogP contribution is 2.46. The number of hydrogen-bond donors (Lipinski definition) is 0. The molecule has 0 radical (unpaired) electrons. The van der Waals surface area contributed by atoms with Crippen molar-refractivity contribution in [3.05, 3.63) is 188 Å². The molecule has 248 valence electrons. The normalized spacial score (nSPS) is 11.8. The van der Waals surface area contributed by atoms with Crippen LogP contribution in [0.1, 0.15) is 0 Å². The average Bonchev–Trinajstić information content (AvgIpc) is 3.80. The number of para-hydroxylation sites is 2. The van der Waals surface area contributed by atoms with Crippen LogP contribution in [-0.2, 0) is 0 Å². The Bertz CT molecular complexity index is 3170. The summed E-state index contributed by atoms with van der Waals surface area (Å²) in [5.74, 6) is 0. The van der Waals surface area contributed by atoms with E-state index in [2.05, 4.69) is 193 Å². The molecule has 0 saturated heterocycles. The van der Waals surface area contributed by atoms with Gasteiger partial charge in [0.05, 0.1) is 5.69 Å². The SMILES string of the molecule is c1ccc(-c2cccc3c2oc2c(N(c4ccc(-c5ccc6ccc7ccccc7c6c5)cc4)c4ccc5sc6ccccc6c5c4)cccc23)cc1. The highest BCUT2D eigenvalue weighted by Gasteiger charge is 2.21. The molecule has 53 heavy (non-hydrogen) atoms. The topological polar surface area (TPSA) is 16.4 Å². The molecule has 11 rings (SSSR count). The molecule has 0 unspecified atom stereocenters. The van der Waals surface area contributed by atoms with Gasteiger partial charge in [0.2, 0.25) is 0 Å². The van der Waals surface area contributed by atoms with Crippen LogP contribution in [0.5, 0.6) is 0 Å². The summed E-state index contributed by atoms with van der Waals surface area (Å²) in [4.78, 5) is 2.36. The van der Waals surface area contributed by atoms with Crippen molar-refractivity contribution >= 4 is 92.1 Å². The molecule has 2 nitrogen and oxygen atoms in total. The minimum Gasteiger partial charge on any atom is -0.453 e. The molecule has 0 N–H and O–H groups in total. The molecule has 0 aliphatic rings. The van der Waals surface area contributed by atoms with E-state index in [0.717, 1.165) is 50.1 Å². The van der Waals surface area contributed by atoms with Gasteiger partial charge in [0.1, 0.15) is 5.58 Å². The first-order valence-corrected chi connectivity index (χ1v) is 18.8. The van der Waals surface area contributed by atoms with Crippen molar-refractivity contribution in [3.63, 3.8) is 0 Å². The Morgan fingerprint density at radius 2 is 1.00 bits per heavy atom. The maximum Gasteiger partial charge on any atom is 0.159 e. The first-order chi connectivity index (χ1) is 26.3. The summed E-state index contributed by atoms with van der Waals surface area (Å²) in [6, 6.07) is 67.9. The van der Waals surface area contributed by atoms with Gasteiger partial charge in [-0.15, -0.1) is 11.3 Å². The molecule has 0 amide bonds. The molecule has 11 aromatic rings. The van der Waals surface area contributed by atoms with Gasteiger partial charge in [0.25, 0.3) is 0 Å². The van der Waals surface area contributed by atoms with Gasteiger partial charge in [-0.05, 0) is 86.8 Å². The van der Waals surface area contributed by atoms with E-state index in [0.29, 0.717) is 0 Å². The predicted molar refractivity (Wildman–Crippen MR) is 227 cm³/mol. The van der Waals surface area contributed by atoms with Gasteiger partial charge in [-0.1, -0.05) is 140 Å². The third-order valence-corrected chi connectivity index (χ3v) is 11.8. The van der Waals surface area contributed by atoms with Gasteiger partial charge in [0, 0.05) is 47.9 Å². The number of fused-ring (bicyclic) bond motifs is 9. The molecule has 3 heteroatoms. The van der Waals surface area contributed by atoms with Crippen LogP contribution in [0.4, 0.5) is 17.1 Å². The Morgan fingerprint density at radius 3 is 1.87 bits per heavy atom. The van der Waals surface area contributed by atoms with Crippen molar-refractivity contribution < 1.29 is 4.42 Å². The van der Waals surface area contributed by atoms with Crippen LogP contribution in [0.25, 0.3) is 85.9 Å². The van der Waals surface area contributed by atoms with Crippen molar-refractivity contribution in [2.24, 2.45) is 0 Å². The molecule has 0 aliphatic carbocycles. The molecule has 0 saturated carbocycles. The van der Waals surface area contributed by atoms with Gasteiger partial charge in [0.15, 0.2) is 5.58 Å². The van der Waals surface area contributed by atoms with E-state index in [1.165, 1.54) is 52.8 Å². The molecular formula is C50H31NOS. The number of benzene rings is 9. The Hall–Kier alpha value is -6.68. The van der Waals surface area contributed by atoms with Crippen molar-refractivity contribution in [2.75, 3.05) is 4.90 Å². The number of hydrogen-bond acceptors (Lipinski definition) is 3. The number of rotatable bonds is 5. The van der Waals surface area contributed by atoms with Crippen molar-refractivity contribution in [1.29, 1.82) is 0 Å². The van der Waals surface area contributed by atoms with E-state index >= 15 is 0 Å². The van der Waals surface area contributed by atoms with E-state index in [1.54, 1.807) is 0 Å². The smallest absolute Gasteiger partial charge is 0.159 e. The monoisotopic (exact) mass is 693 g/mol. The lowest BCUT2D eigenvalue weighted by Gasteiger charge is -2.26. The number of thiophene rings is 1. The molecule has 0 spiro atoms. The summed E-state index contributed by atoms with van der Waals surface area (Å²) in [5.41, 5.74) is 9.53. The summed E-state index contributed by atoms with van der Waals surface area (Å²) < 4.78 is 9.54. The molecule has 2 heterocycles. The van der Waals surface area contributed by atoms with Gasteiger partial charge in [-0.2, -0.15) is 0 Å². The van der Waals surface area contributed by atoms with Crippen LogP contribution >= 0.6 is 11.3 Å². The zero-order chi connectivity index (χ0) is 34.9. The van der Waals surface area contributed by atoms with Gasteiger partial charge in [-0.25, -0.2) is 0 Å². The summed E-state index contributed by atoms with van der Waals surface area (Å²) in [6.07, 6.45) is 0. The standard InChI is InChI=1S/C50H31NOS/c1-2-10-33(11-3-1)40-15-8-16-42-43-17-9-18-46(50(43)52-49(40)42)51(38-28-29-48-45(31-38)41-14-6-7-19-47(41)53-48)37-26-24-32(25-27-37)36-23-22-35-21-20-34-12-4-5-13-39(34)44(35)30-36/h1-31H. The molecule has 9 aromatic carbocycles. The Labute approximate surface area is 310 Å². The fourth-order valence-corrected chi connectivity index (χ4v) is 9.18. The van der Waals surface area contributed by atoms with Crippen LogP contribution in [0, 0.1) is 0 Å². The minimum absolute atomic E-state index is 0.867. The fraction of sp³-hybridized carbons (Fsp3) is 0. The van der Waals surface area contributed by atoms with E-state index in [9.17, 15) is 0 Å². The van der Waals surface area contributed by atoms with Crippen LogP contribution in [0.3, 0.4) is 0 Å². The Balaban J connectivity index is 1.10. The summed E-state index contributed by atoms with van der Waals surface area (Å²) in [5, 5.41) is 9.81. The lowest BCUT2D eigenvalue weighted by atomic mass is 9.97. The van der Waals surface area contributed by atoms with Gasteiger partial charge < -0.3 is 9.32 Å². The first kappa shape index (κ1) is 30.0. The number of furan rings is 1. The van der Waals surface area contributed by atoms with Crippen LogP contribution in [0.2, 0.25) is 0 Å². The van der Waals surface area contributed by atoms with Crippen molar-refractivity contribution in [2.45, 2.75) is 0 Å². The number of nitrogens with zero attached hydrogens (tertiary/aromatic N) is 1. The maximum atomic E-state index is 6.97. The summed E-state index contributed by atoms with van der Waals surface area (Å²) in [6.45, 7) is 0. The molecule has 0 bridgehead atoms.